The van der Waals surface area contributed by atoms with Crippen molar-refractivity contribution < 1.29 is 18.9 Å². The Morgan fingerprint density at radius 2 is 1.24 bits per heavy atom. The van der Waals surface area contributed by atoms with Crippen molar-refractivity contribution in [3.63, 3.8) is 0 Å². The molecular weight excluding hydrogens is 272 g/mol. The number of hydrogen-bond donors (Lipinski definition) is 0. The minimum Gasteiger partial charge on any atom is -0.496 e. The Morgan fingerprint density at radius 3 is 1.48 bits per heavy atom. The van der Waals surface area contributed by atoms with Crippen LogP contribution >= 0.6 is 0 Å². The molecule has 120 valence electrons. The number of nitriles is 2. The molecule has 0 amide bonds. The van der Waals surface area contributed by atoms with E-state index in [1.807, 2.05) is 20.8 Å². The summed E-state index contributed by atoms with van der Waals surface area (Å²) >= 11 is 0. The van der Waals surface area contributed by atoms with E-state index in [4.69, 9.17) is 29.5 Å². The molecule has 0 aromatic carbocycles. The maximum absolute atomic E-state index is 8.31. The van der Waals surface area contributed by atoms with E-state index in [0.717, 1.165) is 0 Å². The van der Waals surface area contributed by atoms with E-state index in [1.165, 1.54) is 0 Å². The van der Waals surface area contributed by atoms with Gasteiger partial charge in [0.25, 0.3) is 5.97 Å². The predicted molar refractivity (Wildman–Crippen MR) is 78.8 cm³/mol. The van der Waals surface area contributed by atoms with Gasteiger partial charge in [-0.25, -0.2) is 0 Å². The lowest BCUT2D eigenvalue weighted by Gasteiger charge is -2.27. The van der Waals surface area contributed by atoms with Crippen LogP contribution < -0.4 is 0 Å². The number of hydrogen-bond acceptors (Lipinski definition) is 6. The second-order valence-corrected chi connectivity index (χ2v) is 3.75. The molecule has 0 unspecified atom stereocenters. The molecule has 0 aromatic rings. The topological polar surface area (TPSA) is 84.5 Å². The zero-order chi connectivity index (χ0) is 16.7. The lowest BCUT2D eigenvalue weighted by molar-refractivity contribution is -0.365. The number of rotatable bonds is 8. The van der Waals surface area contributed by atoms with Crippen LogP contribution in [0.2, 0.25) is 0 Å². The summed E-state index contributed by atoms with van der Waals surface area (Å²) in [6.07, 6.45) is 0. The highest BCUT2D eigenvalue weighted by molar-refractivity contribution is 5.37. The fourth-order valence-corrected chi connectivity index (χ4v) is 1.38. The molecule has 0 radical (unpaired) electrons. The normalized spacial score (nSPS) is 9.71. The van der Waals surface area contributed by atoms with Crippen LogP contribution in [0.25, 0.3) is 0 Å². The Balaban J connectivity index is 0. The molecule has 0 fully saturated rings. The Morgan fingerprint density at radius 1 is 0.857 bits per heavy atom. The highest BCUT2D eigenvalue weighted by Crippen LogP contribution is 2.13. The third-order valence-corrected chi connectivity index (χ3v) is 2.16. The average Bonchev–Trinajstić information content (AvgIpc) is 2.42. The fraction of sp³-hybridized carbons (Fsp3) is 0.733. The lowest BCUT2D eigenvalue weighted by atomic mass is 10.3. The van der Waals surface area contributed by atoms with Crippen LogP contribution in [0.15, 0.2) is 11.3 Å². The molecule has 0 aliphatic carbocycles. The van der Waals surface area contributed by atoms with Gasteiger partial charge in [-0.15, -0.1) is 0 Å². The van der Waals surface area contributed by atoms with Crippen LogP contribution in [-0.4, -0.2) is 32.4 Å². The zero-order valence-electron chi connectivity index (χ0n) is 13.9. The highest BCUT2D eigenvalue weighted by Gasteiger charge is 2.24. The highest BCUT2D eigenvalue weighted by atomic mass is 16.9. The smallest absolute Gasteiger partial charge is 0.279 e. The molecule has 0 aliphatic rings. The standard InChI is InChI=1S/C8H18O3.C7H8N2O/c1-5-9-8(4,10-6-2)11-7-3;1-3-10-6(2)7(4-8)5-9/h5-7H2,1-4H3;3H2,1-2H3. The molecule has 0 aromatic heterocycles. The van der Waals surface area contributed by atoms with Crippen molar-refractivity contribution in [2.75, 3.05) is 26.4 Å². The molecule has 0 rings (SSSR count). The van der Waals surface area contributed by atoms with Gasteiger partial charge in [0.1, 0.15) is 17.9 Å². The van der Waals surface area contributed by atoms with Gasteiger partial charge < -0.3 is 18.9 Å². The van der Waals surface area contributed by atoms with Crippen LogP contribution in [0.3, 0.4) is 0 Å². The summed E-state index contributed by atoms with van der Waals surface area (Å²) in [4.78, 5) is 0. The second-order valence-electron chi connectivity index (χ2n) is 3.75. The van der Waals surface area contributed by atoms with E-state index in [9.17, 15) is 0 Å². The van der Waals surface area contributed by atoms with Gasteiger partial charge in [0.2, 0.25) is 0 Å². The first-order valence-electron chi connectivity index (χ1n) is 7.00. The van der Waals surface area contributed by atoms with Crippen molar-refractivity contribution >= 4 is 0 Å². The largest absolute Gasteiger partial charge is 0.496 e. The Hall–Kier alpha value is -1.60. The first-order chi connectivity index (χ1) is 9.94. The quantitative estimate of drug-likeness (QED) is 0.389. The summed E-state index contributed by atoms with van der Waals surface area (Å²) in [5.41, 5.74) is 0.0434. The summed E-state index contributed by atoms with van der Waals surface area (Å²) in [5.74, 6) is -0.453. The van der Waals surface area contributed by atoms with Gasteiger partial charge in [0.15, 0.2) is 5.57 Å². The average molecular weight is 298 g/mol. The molecule has 21 heavy (non-hydrogen) atoms. The summed E-state index contributed by atoms with van der Waals surface area (Å²) in [7, 11) is 0. The minimum atomic E-state index is -0.849. The first-order valence-corrected chi connectivity index (χ1v) is 7.00. The molecule has 0 N–H and O–H groups in total. The monoisotopic (exact) mass is 298 g/mol. The lowest BCUT2D eigenvalue weighted by Crippen LogP contribution is -2.35. The molecule has 0 saturated carbocycles. The molecule has 0 spiro atoms. The predicted octanol–water partition coefficient (Wildman–Crippen LogP) is 3.11. The van der Waals surface area contributed by atoms with Crippen molar-refractivity contribution in [3.8, 4) is 12.1 Å². The Labute approximate surface area is 127 Å². The van der Waals surface area contributed by atoms with Gasteiger partial charge >= 0.3 is 0 Å². The summed E-state index contributed by atoms with van der Waals surface area (Å²) in [6, 6.07) is 3.46. The summed E-state index contributed by atoms with van der Waals surface area (Å²) in [6.45, 7) is 13.2. The number of allylic oxidation sites excluding steroid dienone is 2. The van der Waals surface area contributed by atoms with E-state index in [-0.39, 0.29) is 5.57 Å². The van der Waals surface area contributed by atoms with Crippen molar-refractivity contribution in [2.45, 2.75) is 47.5 Å². The molecular formula is C15H26N2O4. The third-order valence-electron chi connectivity index (χ3n) is 2.16. The van der Waals surface area contributed by atoms with E-state index in [1.54, 1.807) is 32.9 Å². The van der Waals surface area contributed by atoms with E-state index < -0.39 is 5.97 Å². The van der Waals surface area contributed by atoms with E-state index >= 15 is 0 Å². The van der Waals surface area contributed by atoms with Gasteiger partial charge in [-0.1, -0.05) is 0 Å². The molecule has 0 aliphatic heterocycles. The van der Waals surface area contributed by atoms with Crippen LogP contribution in [0, 0.1) is 22.7 Å². The van der Waals surface area contributed by atoms with Gasteiger partial charge in [0.05, 0.1) is 6.61 Å². The van der Waals surface area contributed by atoms with Crippen LogP contribution in [0.4, 0.5) is 0 Å². The van der Waals surface area contributed by atoms with E-state index in [0.29, 0.717) is 32.2 Å². The zero-order valence-corrected chi connectivity index (χ0v) is 13.9. The van der Waals surface area contributed by atoms with Gasteiger partial charge in [-0.05, 0) is 34.6 Å². The van der Waals surface area contributed by atoms with Gasteiger partial charge in [-0.2, -0.15) is 10.5 Å². The van der Waals surface area contributed by atoms with Crippen LogP contribution in [0.1, 0.15) is 41.5 Å². The number of nitrogens with zero attached hydrogens (tertiary/aromatic N) is 2. The van der Waals surface area contributed by atoms with Crippen molar-refractivity contribution in [3.05, 3.63) is 11.3 Å². The molecule has 0 heterocycles. The van der Waals surface area contributed by atoms with Crippen LogP contribution in [0.5, 0.6) is 0 Å². The van der Waals surface area contributed by atoms with Gasteiger partial charge in [-0.3, -0.25) is 0 Å². The molecule has 0 bridgehead atoms. The number of ether oxygens (including phenoxy) is 4. The van der Waals surface area contributed by atoms with Crippen LogP contribution in [-0.2, 0) is 18.9 Å². The molecule has 0 atom stereocenters. The maximum atomic E-state index is 8.31. The summed E-state index contributed by atoms with van der Waals surface area (Å²) < 4.78 is 20.7. The van der Waals surface area contributed by atoms with Crippen molar-refractivity contribution in [1.29, 1.82) is 10.5 Å². The van der Waals surface area contributed by atoms with E-state index in [2.05, 4.69) is 0 Å². The molecule has 6 heteroatoms. The fourth-order valence-electron chi connectivity index (χ4n) is 1.38. The second kappa shape index (κ2) is 13.4. The third kappa shape index (κ3) is 10.8. The minimum absolute atomic E-state index is 0.0434. The maximum Gasteiger partial charge on any atom is 0.279 e. The molecule has 6 nitrogen and oxygen atoms in total. The Kier molecular flexibility index (Phi) is 13.8. The molecule has 0 saturated heterocycles. The SMILES string of the molecule is CCOC(C)(OCC)OCC.CCOC(C)=C(C#N)C#N. The Bertz CT molecular complexity index is 347. The van der Waals surface area contributed by atoms with Gasteiger partial charge in [0, 0.05) is 26.7 Å². The van der Waals surface area contributed by atoms with Crippen molar-refractivity contribution in [1.82, 2.24) is 0 Å². The first kappa shape index (κ1) is 21.7. The summed E-state index contributed by atoms with van der Waals surface area (Å²) in [5, 5.41) is 16.6. The van der Waals surface area contributed by atoms with Crippen molar-refractivity contribution in [2.24, 2.45) is 0 Å².